The van der Waals surface area contributed by atoms with Crippen molar-refractivity contribution in [3.63, 3.8) is 0 Å². The van der Waals surface area contributed by atoms with E-state index in [0.717, 1.165) is 61.6 Å². The number of anilines is 2. The van der Waals surface area contributed by atoms with Crippen LogP contribution < -0.4 is 16.4 Å². The van der Waals surface area contributed by atoms with Crippen molar-refractivity contribution in [3.05, 3.63) is 36.2 Å². The summed E-state index contributed by atoms with van der Waals surface area (Å²) in [5.74, 6) is 2.11. The van der Waals surface area contributed by atoms with E-state index < -0.39 is 0 Å². The van der Waals surface area contributed by atoms with Gasteiger partial charge in [0.25, 0.3) is 0 Å². The fraction of sp³-hybridized carbons (Fsp3) is 0.536. The number of aromatic nitrogens is 3. The molecule has 2 aromatic rings. The minimum atomic E-state index is 0.449. The smallest absolute Gasteiger partial charge is 0.224 e. The Bertz CT molecular complexity index is 882. The molecular weight excluding hydrogens is 420 g/mol. The largest absolute Gasteiger partial charge is 0.383 e. The SMILES string of the molecule is C#C.CCC1CCCCC1.CCCCNc1ncc(-c2ccc(C3=CCNCC3)cn2)c(N)n1. The molecule has 6 heteroatoms. The van der Waals surface area contributed by atoms with Gasteiger partial charge in [-0.2, -0.15) is 4.98 Å². The van der Waals surface area contributed by atoms with Crippen LogP contribution in [0.1, 0.15) is 77.2 Å². The van der Waals surface area contributed by atoms with Crippen molar-refractivity contribution in [2.24, 2.45) is 5.92 Å². The fourth-order valence-corrected chi connectivity index (χ4v) is 4.28. The fourth-order valence-electron chi connectivity index (χ4n) is 4.28. The Hall–Kier alpha value is -2.91. The third kappa shape index (κ3) is 8.79. The van der Waals surface area contributed by atoms with Crippen molar-refractivity contribution >= 4 is 17.3 Å². The third-order valence-corrected chi connectivity index (χ3v) is 6.41. The summed E-state index contributed by atoms with van der Waals surface area (Å²) in [6.45, 7) is 7.25. The highest BCUT2D eigenvalue weighted by atomic mass is 15.1. The summed E-state index contributed by atoms with van der Waals surface area (Å²) in [4.78, 5) is 13.2. The summed E-state index contributed by atoms with van der Waals surface area (Å²) in [5, 5.41) is 6.50. The predicted octanol–water partition coefficient (Wildman–Crippen LogP) is 5.94. The number of terminal acetylenes is 1. The molecule has 0 radical (unpaired) electrons. The van der Waals surface area contributed by atoms with Gasteiger partial charge in [0.2, 0.25) is 5.95 Å². The Labute approximate surface area is 206 Å². The average Bonchev–Trinajstić information content (AvgIpc) is 2.92. The molecule has 1 fully saturated rings. The zero-order valence-electron chi connectivity index (χ0n) is 21.0. The molecule has 6 nitrogen and oxygen atoms in total. The first-order chi connectivity index (χ1) is 16.7. The molecule has 4 N–H and O–H groups in total. The number of rotatable bonds is 7. The Kier molecular flexibility index (Phi) is 12.7. The van der Waals surface area contributed by atoms with Crippen LogP contribution in [0.3, 0.4) is 0 Å². The summed E-state index contributed by atoms with van der Waals surface area (Å²) in [6.07, 6.45) is 26.0. The van der Waals surface area contributed by atoms with Crippen molar-refractivity contribution < 1.29 is 0 Å². The number of unbranched alkanes of at least 4 members (excludes halogenated alkanes) is 1. The monoisotopic (exact) mass is 462 g/mol. The topological polar surface area (TPSA) is 88.8 Å². The minimum absolute atomic E-state index is 0.449. The zero-order chi connectivity index (χ0) is 24.6. The molecule has 2 aliphatic rings. The molecule has 34 heavy (non-hydrogen) atoms. The number of nitrogens with two attached hydrogens (primary N) is 1. The van der Waals surface area contributed by atoms with Gasteiger partial charge in [-0.3, -0.25) is 4.98 Å². The molecule has 1 aliphatic carbocycles. The average molecular weight is 463 g/mol. The summed E-state index contributed by atoms with van der Waals surface area (Å²) >= 11 is 0. The van der Waals surface area contributed by atoms with E-state index in [-0.39, 0.29) is 0 Å². The van der Waals surface area contributed by atoms with E-state index in [4.69, 9.17) is 5.73 Å². The third-order valence-electron chi connectivity index (χ3n) is 6.41. The molecule has 0 atom stereocenters. The summed E-state index contributed by atoms with van der Waals surface area (Å²) < 4.78 is 0. The number of hydrogen-bond acceptors (Lipinski definition) is 6. The molecular formula is C28H42N6. The lowest BCUT2D eigenvalue weighted by molar-refractivity contribution is 0.349. The highest BCUT2D eigenvalue weighted by Gasteiger charge is 2.11. The number of nitrogens with zero attached hydrogens (tertiary/aromatic N) is 3. The molecule has 1 aliphatic heterocycles. The van der Waals surface area contributed by atoms with Crippen molar-refractivity contribution in [2.45, 2.75) is 71.6 Å². The van der Waals surface area contributed by atoms with Crippen LogP contribution in [0, 0.1) is 18.8 Å². The molecule has 4 rings (SSSR count). The van der Waals surface area contributed by atoms with Gasteiger partial charge in [0, 0.05) is 25.5 Å². The van der Waals surface area contributed by atoms with Crippen LogP contribution in [-0.4, -0.2) is 34.6 Å². The van der Waals surface area contributed by atoms with Gasteiger partial charge in [-0.1, -0.05) is 70.9 Å². The molecule has 0 aromatic carbocycles. The lowest BCUT2D eigenvalue weighted by Crippen LogP contribution is -2.20. The van der Waals surface area contributed by atoms with E-state index in [1.165, 1.54) is 44.1 Å². The van der Waals surface area contributed by atoms with Gasteiger partial charge < -0.3 is 16.4 Å². The van der Waals surface area contributed by atoms with Gasteiger partial charge in [-0.05, 0) is 42.5 Å². The van der Waals surface area contributed by atoms with Crippen molar-refractivity contribution in [3.8, 4) is 24.1 Å². The van der Waals surface area contributed by atoms with E-state index in [1.807, 2.05) is 12.3 Å². The van der Waals surface area contributed by atoms with Crippen LogP contribution in [0.15, 0.2) is 30.6 Å². The molecule has 184 valence electrons. The standard InChI is InChI=1S/C18H24N6.C8H16.C2H2/c1-2-3-8-21-18-23-12-15(17(19)24-18)16-5-4-14(11-22-16)13-6-9-20-10-7-13;1-2-8-6-4-3-5-7-8;1-2/h4-6,11-12,20H,2-3,7-10H2,1H3,(H3,19,21,23,24);8H,2-7H2,1H3;1-2H. The van der Waals surface area contributed by atoms with Gasteiger partial charge >= 0.3 is 0 Å². The second-order valence-corrected chi connectivity index (χ2v) is 8.80. The first kappa shape index (κ1) is 27.3. The van der Waals surface area contributed by atoms with Crippen molar-refractivity contribution in [1.82, 2.24) is 20.3 Å². The number of nitrogens with one attached hydrogen (secondary N) is 2. The minimum Gasteiger partial charge on any atom is -0.383 e. The molecule has 0 unspecified atom stereocenters. The highest BCUT2D eigenvalue weighted by molar-refractivity contribution is 5.73. The number of nitrogen functional groups attached to an aromatic ring is 1. The summed E-state index contributed by atoms with van der Waals surface area (Å²) in [7, 11) is 0. The second-order valence-electron chi connectivity index (χ2n) is 8.80. The Morgan fingerprint density at radius 3 is 2.44 bits per heavy atom. The van der Waals surface area contributed by atoms with Crippen molar-refractivity contribution in [1.29, 1.82) is 0 Å². The van der Waals surface area contributed by atoms with Crippen LogP contribution >= 0.6 is 0 Å². The molecule has 1 saturated carbocycles. The Morgan fingerprint density at radius 1 is 1.09 bits per heavy atom. The van der Waals surface area contributed by atoms with Gasteiger partial charge in [-0.15, -0.1) is 12.8 Å². The predicted molar refractivity (Wildman–Crippen MR) is 145 cm³/mol. The molecule has 3 heterocycles. The molecule has 0 bridgehead atoms. The van der Waals surface area contributed by atoms with Crippen LogP contribution in [0.4, 0.5) is 11.8 Å². The quantitative estimate of drug-likeness (QED) is 0.349. The maximum absolute atomic E-state index is 6.09. The Balaban J connectivity index is 0.000000343. The van der Waals surface area contributed by atoms with Crippen LogP contribution in [0.5, 0.6) is 0 Å². The lowest BCUT2D eigenvalue weighted by atomic mass is 9.88. The van der Waals surface area contributed by atoms with E-state index in [0.29, 0.717) is 11.8 Å². The lowest BCUT2D eigenvalue weighted by Gasteiger charge is -2.18. The van der Waals surface area contributed by atoms with E-state index in [1.54, 1.807) is 6.20 Å². The maximum Gasteiger partial charge on any atom is 0.224 e. The van der Waals surface area contributed by atoms with Crippen molar-refractivity contribution in [2.75, 3.05) is 30.7 Å². The van der Waals surface area contributed by atoms with Crippen LogP contribution in [0.25, 0.3) is 16.8 Å². The normalized spacial score (nSPS) is 15.7. The molecule has 0 spiro atoms. The number of pyridine rings is 1. The van der Waals surface area contributed by atoms with E-state index >= 15 is 0 Å². The first-order valence-corrected chi connectivity index (χ1v) is 12.8. The van der Waals surface area contributed by atoms with E-state index in [9.17, 15) is 0 Å². The number of hydrogen-bond donors (Lipinski definition) is 3. The second kappa shape index (κ2) is 15.8. The van der Waals surface area contributed by atoms with Gasteiger partial charge in [0.1, 0.15) is 5.82 Å². The zero-order valence-corrected chi connectivity index (χ0v) is 21.0. The first-order valence-electron chi connectivity index (χ1n) is 12.8. The van der Waals surface area contributed by atoms with Crippen LogP contribution in [-0.2, 0) is 0 Å². The summed E-state index contributed by atoms with van der Waals surface area (Å²) in [6, 6.07) is 4.07. The van der Waals surface area contributed by atoms with Gasteiger partial charge in [0.05, 0.1) is 11.3 Å². The van der Waals surface area contributed by atoms with Gasteiger partial charge in [-0.25, -0.2) is 4.98 Å². The molecule has 2 aromatic heterocycles. The Morgan fingerprint density at radius 2 is 1.88 bits per heavy atom. The van der Waals surface area contributed by atoms with Gasteiger partial charge in [0.15, 0.2) is 0 Å². The van der Waals surface area contributed by atoms with Crippen LogP contribution in [0.2, 0.25) is 0 Å². The maximum atomic E-state index is 6.09. The molecule has 0 amide bonds. The van der Waals surface area contributed by atoms with E-state index in [2.05, 4.69) is 64.4 Å². The molecule has 0 saturated heterocycles. The highest BCUT2D eigenvalue weighted by Crippen LogP contribution is 2.26. The summed E-state index contributed by atoms with van der Waals surface area (Å²) in [5.41, 5.74) is 10.2.